The lowest BCUT2D eigenvalue weighted by Crippen LogP contribution is -2.03. The van der Waals surface area contributed by atoms with E-state index in [2.05, 4.69) is 10.1 Å². The van der Waals surface area contributed by atoms with Crippen LogP contribution in [0.5, 0.6) is 5.75 Å². The normalized spacial score (nSPS) is 10.1. The maximum Gasteiger partial charge on any atom is 0.387 e. The van der Waals surface area contributed by atoms with E-state index in [9.17, 15) is 18.9 Å². The zero-order chi connectivity index (χ0) is 11.4. The highest BCUT2D eigenvalue weighted by Crippen LogP contribution is 2.29. The molecule has 5 nitrogen and oxygen atoms in total. The van der Waals surface area contributed by atoms with Crippen molar-refractivity contribution < 1.29 is 18.4 Å². The topological polar surface area (TPSA) is 64.4 Å². The lowest BCUT2D eigenvalue weighted by molar-refractivity contribution is -0.384. The summed E-state index contributed by atoms with van der Waals surface area (Å²) in [6.45, 7) is -3.00. The third-order valence-electron chi connectivity index (χ3n) is 1.66. The Labute approximate surface area is 83.8 Å². The summed E-state index contributed by atoms with van der Waals surface area (Å²) in [4.78, 5) is 9.86. The summed E-state index contributed by atoms with van der Waals surface area (Å²) >= 11 is 0. The van der Waals surface area contributed by atoms with Gasteiger partial charge in [0.15, 0.2) is 0 Å². The Morgan fingerprint density at radius 1 is 1.53 bits per heavy atom. The van der Waals surface area contributed by atoms with Crippen LogP contribution in [-0.2, 0) is 0 Å². The predicted molar refractivity (Wildman–Crippen MR) is 49.3 cm³/mol. The van der Waals surface area contributed by atoms with Crippen LogP contribution < -0.4 is 10.1 Å². The second-order valence-electron chi connectivity index (χ2n) is 2.56. The zero-order valence-corrected chi connectivity index (χ0v) is 7.74. The third-order valence-corrected chi connectivity index (χ3v) is 1.66. The number of halogens is 2. The smallest absolute Gasteiger partial charge is 0.387 e. The lowest BCUT2D eigenvalue weighted by Gasteiger charge is -2.06. The molecule has 0 fully saturated rings. The number of rotatable bonds is 4. The Balaban J connectivity index is 3.05. The molecule has 0 saturated carbocycles. The summed E-state index contributed by atoms with van der Waals surface area (Å²) in [7, 11) is 1.50. The number of benzene rings is 1. The first-order valence-corrected chi connectivity index (χ1v) is 3.95. The molecule has 1 aromatic rings. The summed E-state index contributed by atoms with van der Waals surface area (Å²) in [6.07, 6.45) is 0. The molecule has 0 heterocycles. The van der Waals surface area contributed by atoms with Gasteiger partial charge in [0.25, 0.3) is 5.69 Å². The Bertz CT molecular complexity index is 371. The fourth-order valence-electron chi connectivity index (χ4n) is 1.05. The standard InChI is InChI=1S/C8H8F2N2O3/c1-11-6-3-2-5(15-8(9)10)4-7(6)12(13)14/h2-4,8,11H,1H3. The van der Waals surface area contributed by atoms with Crippen molar-refractivity contribution in [3.8, 4) is 5.75 Å². The number of nitrogens with zero attached hydrogens (tertiary/aromatic N) is 1. The highest BCUT2D eigenvalue weighted by atomic mass is 19.3. The maximum absolute atomic E-state index is 11.8. The van der Waals surface area contributed by atoms with E-state index < -0.39 is 11.5 Å². The number of nitrogens with one attached hydrogen (secondary N) is 1. The van der Waals surface area contributed by atoms with Gasteiger partial charge in [-0.25, -0.2) is 0 Å². The molecule has 0 aliphatic heterocycles. The van der Waals surface area contributed by atoms with Crippen molar-refractivity contribution in [2.75, 3.05) is 12.4 Å². The fraction of sp³-hybridized carbons (Fsp3) is 0.250. The second-order valence-corrected chi connectivity index (χ2v) is 2.56. The molecule has 0 atom stereocenters. The number of hydrogen-bond acceptors (Lipinski definition) is 4. The monoisotopic (exact) mass is 218 g/mol. The van der Waals surface area contributed by atoms with Crippen LogP contribution >= 0.6 is 0 Å². The van der Waals surface area contributed by atoms with Gasteiger partial charge in [-0.2, -0.15) is 8.78 Å². The van der Waals surface area contributed by atoms with Crippen molar-refractivity contribution >= 4 is 11.4 Å². The number of hydrogen-bond donors (Lipinski definition) is 1. The van der Waals surface area contributed by atoms with Gasteiger partial charge in [0.1, 0.15) is 11.4 Å². The molecule has 0 aliphatic carbocycles. The van der Waals surface area contributed by atoms with Gasteiger partial charge in [0.2, 0.25) is 0 Å². The van der Waals surface area contributed by atoms with Gasteiger partial charge in [-0.1, -0.05) is 0 Å². The van der Waals surface area contributed by atoms with Gasteiger partial charge in [-0.15, -0.1) is 0 Å². The maximum atomic E-state index is 11.8. The molecule has 0 bridgehead atoms. The van der Waals surface area contributed by atoms with E-state index in [4.69, 9.17) is 0 Å². The number of nitro benzene ring substituents is 1. The average Bonchev–Trinajstić information content (AvgIpc) is 2.16. The van der Waals surface area contributed by atoms with Gasteiger partial charge in [0, 0.05) is 7.05 Å². The molecule has 1 N–H and O–H groups in total. The van der Waals surface area contributed by atoms with Crippen LogP contribution in [0.15, 0.2) is 18.2 Å². The third kappa shape index (κ3) is 2.76. The van der Waals surface area contributed by atoms with E-state index in [0.29, 0.717) is 0 Å². The minimum Gasteiger partial charge on any atom is -0.435 e. The van der Waals surface area contributed by atoms with Crippen LogP contribution in [0.3, 0.4) is 0 Å². The SMILES string of the molecule is CNc1ccc(OC(F)F)cc1[N+](=O)[O-]. The summed E-state index contributed by atoms with van der Waals surface area (Å²) in [5.74, 6) is -0.240. The molecule has 1 rings (SSSR count). The molecular weight excluding hydrogens is 210 g/mol. The quantitative estimate of drug-likeness (QED) is 0.621. The van der Waals surface area contributed by atoms with Crippen molar-refractivity contribution in [2.45, 2.75) is 6.61 Å². The number of nitro groups is 1. The van der Waals surface area contributed by atoms with Crippen molar-refractivity contribution in [3.05, 3.63) is 28.3 Å². The molecule has 7 heteroatoms. The molecule has 15 heavy (non-hydrogen) atoms. The molecule has 0 unspecified atom stereocenters. The van der Waals surface area contributed by atoms with Crippen LogP contribution in [0.1, 0.15) is 0 Å². The van der Waals surface area contributed by atoms with E-state index in [1.165, 1.54) is 19.2 Å². The van der Waals surface area contributed by atoms with E-state index in [-0.39, 0.29) is 17.1 Å². The van der Waals surface area contributed by atoms with Crippen LogP contribution in [0.2, 0.25) is 0 Å². The van der Waals surface area contributed by atoms with Crippen molar-refractivity contribution in [2.24, 2.45) is 0 Å². The molecule has 0 spiro atoms. The largest absolute Gasteiger partial charge is 0.435 e. The molecule has 0 aromatic heterocycles. The fourth-order valence-corrected chi connectivity index (χ4v) is 1.05. The average molecular weight is 218 g/mol. The number of ether oxygens (including phenoxy) is 1. The van der Waals surface area contributed by atoms with E-state index in [0.717, 1.165) is 6.07 Å². The summed E-state index contributed by atoms with van der Waals surface area (Å²) < 4.78 is 27.7. The summed E-state index contributed by atoms with van der Waals surface area (Å²) in [6, 6.07) is 3.47. The highest BCUT2D eigenvalue weighted by molar-refractivity contribution is 5.63. The van der Waals surface area contributed by atoms with Gasteiger partial charge in [-0.3, -0.25) is 10.1 Å². The van der Waals surface area contributed by atoms with Crippen LogP contribution in [0.4, 0.5) is 20.2 Å². The minimum absolute atomic E-state index is 0.238. The van der Waals surface area contributed by atoms with Gasteiger partial charge < -0.3 is 10.1 Å². The molecule has 0 aliphatic rings. The van der Waals surface area contributed by atoms with E-state index >= 15 is 0 Å². The molecule has 0 saturated heterocycles. The van der Waals surface area contributed by atoms with Crippen molar-refractivity contribution in [1.29, 1.82) is 0 Å². The molecule has 0 radical (unpaired) electrons. The number of anilines is 1. The Morgan fingerprint density at radius 3 is 2.67 bits per heavy atom. The first-order chi connectivity index (χ1) is 7.04. The van der Waals surface area contributed by atoms with Crippen LogP contribution in [0, 0.1) is 10.1 Å². The molecular formula is C8H8F2N2O3. The Kier molecular flexibility index (Phi) is 3.37. The van der Waals surface area contributed by atoms with Crippen LogP contribution in [-0.4, -0.2) is 18.6 Å². The van der Waals surface area contributed by atoms with Gasteiger partial charge in [0.05, 0.1) is 11.0 Å². The molecule has 1 aromatic carbocycles. The molecule has 82 valence electrons. The minimum atomic E-state index is -3.00. The number of alkyl halides is 2. The van der Waals surface area contributed by atoms with E-state index in [1.54, 1.807) is 0 Å². The highest BCUT2D eigenvalue weighted by Gasteiger charge is 2.15. The first kappa shape index (κ1) is 11.2. The van der Waals surface area contributed by atoms with Crippen molar-refractivity contribution in [3.63, 3.8) is 0 Å². The summed E-state index contributed by atoms with van der Waals surface area (Å²) in [5.41, 5.74) is -0.0720. The Morgan fingerprint density at radius 2 is 2.20 bits per heavy atom. The molecule has 0 amide bonds. The summed E-state index contributed by atoms with van der Waals surface area (Å²) in [5, 5.41) is 13.1. The predicted octanol–water partition coefficient (Wildman–Crippen LogP) is 2.24. The zero-order valence-electron chi connectivity index (χ0n) is 7.74. The van der Waals surface area contributed by atoms with Gasteiger partial charge >= 0.3 is 6.61 Å². The Hall–Kier alpha value is -1.92. The second kappa shape index (κ2) is 4.54. The van der Waals surface area contributed by atoms with Gasteiger partial charge in [-0.05, 0) is 12.1 Å². The van der Waals surface area contributed by atoms with Crippen LogP contribution in [0.25, 0.3) is 0 Å². The first-order valence-electron chi connectivity index (χ1n) is 3.95. The van der Waals surface area contributed by atoms with Crippen molar-refractivity contribution in [1.82, 2.24) is 0 Å². The van der Waals surface area contributed by atoms with E-state index in [1.807, 2.05) is 0 Å². The lowest BCUT2D eigenvalue weighted by atomic mass is 10.2.